The van der Waals surface area contributed by atoms with E-state index in [0.717, 1.165) is 11.3 Å². The second-order valence-corrected chi connectivity index (χ2v) is 4.95. The molecule has 0 aliphatic carbocycles. The third-order valence-corrected chi connectivity index (χ3v) is 3.56. The highest BCUT2D eigenvalue weighted by Gasteiger charge is 2.24. The van der Waals surface area contributed by atoms with E-state index in [1.165, 1.54) is 12.1 Å². The molecule has 2 aromatic carbocycles. The third-order valence-electron chi connectivity index (χ3n) is 3.25. The van der Waals surface area contributed by atoms with Gasteiger partial charge in [-0.15, -0.1) is 0 Å². The number of ether oxygens (including phenoxy) is 1. The molecule has 0 fully saturated rings. The van der Waals surface area contributed by atoms with Gasteiger partial charge in [-0.1, -0.05) is 29.8 Å². The van der Waals surface area contributed by atoms with E-state index in [1.54, 1.807) is 6.07 Å². The van der Waals surface area contributed by atoms with E-state index in [-0.39, 0.29) is 11.6 Å². The van der Waals surface area contributed by atoms with Gasteiger partial charge in [0, 0.05) is 5.56 Å². The lowest BCUT2D eigenvalue weighted by atomic mass is 10.1. The average molecular weight is 290 g/mol. The van der Waals surface area contributed by atoms with Crippen molar-refractivity contribution in [3.63, 3.8) is 0 Å². The molecule has 1 unspecified atom stereocenters. The highest BCUT2D eigenvalue weighted by molar-refractivity contribution is 6.33. The molecule has 2 aromatic rings. The molecule has 0 bridgehead atoms. The number of hydrogen-bond donors (Lipinski definition) is 2. The van der Waals surface area contributed by atoms with Crippen LogP contribution in [0.15, 0.2) is 42.5 Å². The van der Waals surface area contributed by atoms with Gasteiger partial charge in [0.2, 0.25) is 0 Å². The number of carboxylic acids is 1. The summed E-state index contributed by atoms with van der Waals surface area (Å²) in [6.07, 6.45) is 0. The minimum atomic E-state index is -0.993. The lowest BCUT2D eigenvalue weighted by Crippen LogP contribution is -2.12. The predicted molar refractivity (Wildman–Crippen MR) is 76.7 cm³/mol. The molecular weight excluding hydrogens is 278 g/mol. The largest absolute Gasteiger partial charge is 0.491 e. The fraction of sp³-hybridized carbons (Fsp3) is 0.133. The van der Waals surface area contributed by atoms with Gasteiger partial charge in [-0.3, -0.25) is 0 Å². The lowest BCUT2D eigenvalue weighted by molar-refractivity contribution is 0.0697. The fourth-order valence-corrected chi connectivity index (χ4v) is 2.47. The second kappa shape index (κ2) is 5.06. The van der Waals surface area contributed by atoms with Crippen molar-refractivity contribution >= 4 is 23.3 Å². The van der Waals surface area contributed by atoms with Gasteiger partial charge >= 0.3 is 5.97 Å². The van der Waals surface area contributed by atoms with Crippen LogP contribution in [0.3, 0.4) is 0 Å². The molecule has 0 aromatic heterocycles. The predicted octanol–water partition coefficient (Wildman–Crippen LogP) is 3.58. The van der Waals surface area contributed by atoms with E-state index in [2.05, 4.69) is 5.32 Å². The number of nitrogens with one attached hydrogen (secondary N) is 1. The monoisotopic (exact) mass is 289 g/mol. The lowest BCUT2D eigenvalue weighted by Gasteiger charge is -2.14. The summed E-state index contributed by atoms with van der Waals surface area (Å²) in [5.74, 6) is -0.128. The van der Waals surface area contributed by atoms with Crippen molar-refractivity contribution in [2.24, 2.45) is 0 Å². The molecule has 0 saturated heterocycles. The first-order chi connectivity index (χ1) is 9.65. The molecule has 20 heavy (non-hydrogen) atoms. The molecule has 1 aliphatic heterocycles. The van der Waals surface area contributed by atoms with Crippen molar-refractivity contribution < 1.29 is 14.6 Å². The Morgan fingerprint density at radius 3 is 2.85 bits per heavy atom. The molecule has 4 nitrogen and oxygen atoms in total. The van der Waals surface area contributed by atoms with E-state index in [4.69, 9.17) is 21.4 Å². The number of benzene rings is 2. The van der Waals surface area contributed by atoms with E-state index < -0.39 is 5.97 Å². The van der Waals surface area contributed by atoms with Crippen LogP contribution >= 0.6 is 11.6 Å². The first-order valence-corrected chi connectivity index (χ1v) is 6.54. The molecule has 0 saturated carbocycles. The Bertz CT molecular complexity index is 672. The molecule has 1 atom stereocenters. The number of halogens is 1. The van der Waals surface area contributed by atoms with Gasteiger partial charge in [-0.05, 0) is 24.3 Å². The zero-order valence-electron chi connectivity index (χ0n) is 10.5. The summed E-state index contributed by atoms with van der Waals surface area (Å²) in [7, 11) is 0. The highest BCUT2D eigenvalue weighted by Crippen LogP contribution is 2.35. The Balaban J connectivity index is 1.84. The fourth-order valence-electron chi connectivity index (χ4n) is 2.24. The van der Waals surface area contributed by atoms with E-state index >= 15 is 0 Å². The first kappa shape index (κ1) is 12.8. The number of hydrogen-bond acceptors (Lipinski definition) is 3. The van der Waals surface area contributed by atoms with Crippen molar-refractivity contribution in [3.8, 4) is 5.75 Å². The molecule has 1 heterocycles. The quantitative estimate of drug-likeness (QED) is 0.907. The molecule has 0 amide bonds. The van der Waals surface area contributed by atoms with Crippen molar-refractivity contribution in [3.05, 3.63) is 58.6 Å². The van der Waals surface area contributed by atoms with Crippen molar-refractivity contribution in [1.29, 1.82) is 0 Å². The standard InChI is InChI=1S/C15H12ClNO3/c16-11-7-9(15(18)19)5-6-12(11)17-13-8-20-14-4-2-1-3-10(13)14/h1-7,13,17H,8H2,(H,18,19). The van der Waals surface area contributed by atoms with Crippen LogP contribution in [-0.2, 0) is 0 Å². The number of para-hydroxylation sites is 1. The summed E-state index contributed by atoms with van der Waals surface area (Å²) in [5, 5.41) is 12.6. The van der Waals surface area contributed by atoms with E-state index in [9.17, 15) is 4.79 Å². The Morgan fingerprint density at radius 2 is 2.10 bits per heavy atom. The maximum Gasteiger partial charge on any atom is 0.335 e. The summed E-state index contributed by atoms with van der Waals surface area (Å²) in [6, 6.07) is 12.5. The smallest absolute Gasteiger partial charge is 0.335 e. The number of carboxylic acid groups (broad SMARTS) is 1. The molecule has 2 N–H and O–H groups in total. The minimum absolute atomic E-state index is 0.0133. The summed E-state index contributed by atoms with van der Waals surface area (Å²) >= 11 is 6.11. The van der Waals surface area contributed by atoms with E-state index in [1.807, 2.05) is 24.3 Å². The molecule has 102 valence electrons. The molecule has 1 aliphatic rings. The highest BCUT2D eigenvalue weighted by atomic mass is 35.5. The molecule has 0 spiro atoms. The Hall–Kier alpha value is -2.20. The van der Waals surface area contributed by atoms with Gasteiger partial charge in [-0.25, -0.2) is 4.79 Å². The van der Waals surface area contributed by atoms with Gasteiger partial charge in [-0.2, -0.15) is 0 Å². The number of anilines is 1. The maximum atomic E-state index is 10.9. The first-order valence-electron chi connectivity index (χ1n) is 6.16. The summed E-state index contributed by atoms with van der Waals surface area (Å²) in [6.45, 7) is 0.524. The maximum absolute atomic E-state index is 10.9. The second-order valence-electron chi connectivity index (χ2n) is 4.55. The average Bonchev–Trinajstić information content (AvgIpc) is 2.84. The zero-order chi connectivity index (χ0) is 14.1. The third kappa shape index (κ3) is 2.30. The van der Waals surface area contributed by atoms with Gasteiger partial charge < -0.3 is 15.2 Å². The van der Waals surface area contributed by atoms with Gasteiger partial charge in [0.25, 0.3) is 0 Å². The number of fused-ring (bicyclic) bond motifs is 1. The van der Waals surface area contributed by atoms with Gasteiger partial charge in [0.1, 0.15) is 12.4 Å². The normalized spacial score (nSPS) is 16.4. The van der Waals surface area contributed by atoms with Crippen LogP contribution in [0.25, 0.3) is 0 Å². The van der Waals surface area contributed by atoms with Crippen LogP contribution in [0.5, 0.6) is 5.75 Å². The molecule has 0 radical (unpaired) electrons. The molecular formula is C15H12ClNO3. The van der Waals surface area contributed by atoms with Crippen molar-refractivity contribution in [2.75, 3.05) is 11.9 Å². The number of carbonyl (C=O) groups is 1. The molecule has 5 heteroatoms. The van der Waals surface area contributed by atoms with Crippen molar-refractivity contribution in [2.45, 2.75) is 6.04 Å². The number of rotatable bonds is 3. The molecule has 3 rings (SSSR count). The van der Waals surface area contributed by atoms with Gasteiger partial charge in [0.15, 0.2) is 0 Å². The van der Waals surface area contributed by atoms with Gasteiger partial charge in [0.05, 0.1) is 22.3 Å². The van der Waals surface area contributed by atoms with Crippen LogP contribution in [0, 0.1) is 0 Å². The van der Waals surface area contributed by atoms with E-state index in [0.29, 0.717) is 17.3 Å². The van der Waals surface area contributed by atoms with Crippen LogP contribution in [-0.4, -0.2) is 17.7 Å². The minimum Gasteiger partial charge on any atom is -0.491 e. The van der Waals surface area contributed by atoms with Crippen LogP contribution < -0.4 is 10.1 Å². The Morgan fingerprint density at radius 1 is 1.30 bits per heavy atom. The Kier molecular flexibility index (Phi) is 3.24. The summed E-state index contributed by atoms with van der Waals surface area (Å²) in [4.78, 5) is 10.9. The van der Waals surface area contributed by atoms with Crippen LogP contribution in [0.4, 0.5) is 5.69 Å². The Labute approximate surface area is 120 Å². The van der Waals surface area contributed by atoms with Crippen LogP contribution in [0.1, 0.15) is 22.0 Å². The SMILES string of the molecule is O=C(O)c1ccc(NC2COc3ccccc32)c(Cl)c1. The van der Waals surface area contributed by atoms with Crippen LogP contribution in [0.2, 0.25) is 5.02 Å². The van der Waals surface area contributed by atoms with Crippen molar-refractivity contribution in [1.82, 2.24) is 0 Å². The topological polar surface area (TPSA) is 58.6 Å². The summed E-state index contributed by atoms with van der Waals surface area (Å²) < 4.78 is 5.59. The zero-order valence-corrected chi connectivity index (χ0v) is 11.2. The summed E-state index contributed by atoms with van der Waals surface area (Å²) in [5.41, 5.74) is 1.94. The number of aromatic carboxylic acids is 1.